The number of carbonyl (C=O) groups is 1. The van der Waals surface area contributed by atoms with E-state index in [0.717, 1.165) is 5.69 Å². The van der Waals surface area contributed by atoms with Crippen LogP contribution in [0.15, 0.2) is 29.2 Å². The number of thioether (sulfide) groups is 1. The van der Waals surface area contributed by atoms with Crippen LogP contribution >= 0.6 is 11.8 Å². The van der Waals surface area contributed by atoms with Gasteiger partial charge in [0.2, 0.25) is 0 Å². The number of rotatable bonds is 6. The third kappa shape index (κ3) is 5.63. The first kappa shape index (κ1) is 13.9. The first-order valence-corrected chi connectivity index (χ1v) is 6.57. The van der Waals surface area contributed by atoms with E-state index in [1.54, 1.807) is 0 Å². The van der Waals surface area contributed by atoms with Crippen LogP contribution in [0.3, 0.4) is 0 Å². The van der Waals surface area contributed by atoms with Gasteiger partial charge in [-0.1, -0.05) is 13.8 Å². The normalized spacial score (nSPS) is 10.4. The molecule has 1 N–H and O–H groups in total. The molecule has 0 amide bonds. The first-order chi connectivity index (χ1) is 8.11. The third-order valence-electron chi connectivity index (χ3n) is 2.11. The fourth-order valence-electron chi connectivity index (χ4n) is 1.33. The Kier molecular flexibility index (Phi) is 5.91. The summed E-state index contributed by atoms with van der Waals surface area (Å²) >= 11 is 1.84. The highest BCUT2D eigenvalue weighted by Crippen LogP contribution is 2.24. The van der Waals surface area contributed by atoms with Gasteiger partial charge in [-0.15, -0.1) is 11.8 Å². The second kappa shape index (κ2) is 7.22. The van der Waals surface area contributed by atoms with Crippen molar-refractivity contribution >= 4 is 23.4 Å². The van der Waals surface area contributed by atoms with Crippen molar-refractivity contribution in [2.24, 2.45) is 0 Å². The average Bonchev–Trinajstić information content (AvgIpc) is 2.30. The van der Waals surface area contributed by atoms with Crippen molar-refractivity contribution in [3.05, 3.63) is 24.3 Å². The lowest BCUT2D eigenvalue weighted by molar-refractivity contribution is -0.140. The van der Waals surface area contributed by atoms with E-state index in [9.17, 15) is 4.79 Å². The lowest BCUT2D eigenvalue weighted by atomic mass is 10.3. The minimum atomic E-state index is -0.190. The fraction of sp³-hybridized carbons (Fsp3) is 0.462. The van der Waals surface area contributed by atoms with Crippen LogP contribution in [-0.4, -0.2) is 24.9 Å². The molecular weight excluding hydrogens is 234 g/mol. The van der Waals surface area contributed by atoms with Crippen molar-refractivity contribution in [1.82, 2.24) is 0 Å². The summed E-state index contributed by atoms with van der Waals surface area (Å²) in [5.74, 6) is -0.190. The Bertz CT molecular complexity index is 349. The Balaban J connectivity index is 2.37. The van der Waals surface area contributed by atoms with Gasteiger partial charge in [-0.25, -0.2) is 0 Å². The molecule has 0 aliphatic carbocycles. The number of benzene rings is 1. The molecule has 4 heteroatoms. The van der Waals surface area contributed by atoms with Gasteiger partial charge in [0.05, 0.1) is 13.5 Å². The predicted molar refractivity (Wildman–Crippen MR) is 72.6 cm³/mol. The number of esters is 1. The van der Waals surface area contributed by atoms with Crippen molar-refractivity contribution in [3.63, 3.8) is 0 Å². The van der Waals surface area contributed by atoms with Gasteiger partial charge >= 0.3 is 5.97 Å². The largest absolute Gasteiger partial charge is 0.469 e. The minimum absolute atomic E-state index is 0.190. The Labute approximate surface area is 107 Å². The molecule has 0 radical (unpaired) electrons. The van der Waals surface area contributed by atoms with Crippen LogP contribution in [0, 0.1) is 0 Å². The molecule has 1 aromatic carbocycles. The number of anilines is 1. The Morgan fingerprint density at radius 1 is 1.35 bits per heavy atom. The molecule has 0 spiro atoms. The zero-order valence-corrected chi connectivity index (χ0v) is 11.3. The first-order valence-electron chi connectivity index (χ1n) is 5.69. The maximum absolute atomic E-state index is 10.9. The zero-order valence-electron chi connectivity index (χ0n) is 10.5. The molecule has 94 valence electrons. The third-order valence-corrected chi connectivity index (χ3v) is 3.13. The van der Waals surface area contributed by atoms with Crippen molar-refractivity contribution in [2.75, 3.05) is 19.0 Å². The van der Waals surface area contributed by atoms with Gasteiger partial charge in [0.1, 0.15) is 0 Å². The molecule has 0 aliphatic heterocycles. The molecule has 1 aromatic rings. The number of hydrogen-bond acceptors (Lipinski definition) is 4. The summed E-state index contributed by atoms with van der Waals surface area (Å²) in [6, 6.07) is 8.24. The van der Waals surface area contributed by atoms with Gasteiger partial charge < -0.3 is 10.1 Å². The topological polar surface area (TPSA) is 38.3 Å². The summed E-state index contributed by atoms with van der Waals surface area (Å²) in [5, 5.41) is 3.77. The Morgan fingerprint density at radius 2 is 2.00 bits per heavy atom. The van der Waals surface area contributed by atoms with Crippen LogP contribution in [0.1, 0.15) is 20.3 Å². The molecular formula is C13H19NO2S. The molecule has 0 unspecified atom stereocenters. The minimum Gasteiger partial charge on any atom is -0.469 e. The lowest BCUT2D eigenvalue weighted by Gasteiger charge is -2.08. The predicted octanol–water partition coefficient (Wildman–Crippen LogP) is 3.16. The van der Waals surface area contributed by atoms with E-state index < -0.39 is 0 Å². The van der Waals surface area contributed by atoms with Gasteiger partial charge in [0.15, 0.2) is 0 Å². The number of methoxy groups -OCH3 is 1. The zero-order chi connectivity index (χ0) is 12.7. The Hall–Kier alpha value is -1.16. The smallest absolute Gasteiger partial charge is 0.307 e. The van der Waals surface area contributed by atoms with Crippen molar-refractivity contribution in [2.45, 2.75) is 30.4 Å². The molecule has 0 atom stereocenters. The number of hydrogen-bond donors (Lipinski definition) is 1. The lowest BCUT2D eigenvalue weighted by Crippen LogP contribution is -2.09. The van der Waals surface area contributed by atoms with Crippen LogP contribution in [0.4, 0.5) is 5.69 Å². The van der Waals surface area contributed by atoms with Gasteiger partial charge in [-0.3, -0.25) is 4.79 Å². The average molecular weight is 253 g/mol. The summed E-state index contributed by atoms with van der Waals surface area (Å²) in [6.45, 7) is 4.95. The SMILES string of the molecule is COC(=O)CCNc1ccc(SC(C)C)cc1. The van der Waals surface area contributed by atoms with Gasteiger partial charge in [0, 0.05) is 22.4 Å². The van der Waals surface area contributed by atoms with Crippen molar-refractivity contribution in [3.8, 4) is 0 Å². The summed E-state index contributed by atoms with van der Waals surface area (Å²) in [4.78, 5) is 12.2. The number of ether oxygens (including phenoxy) is 1. The number of carbonyl (C=O) groups excluding carboxylic acids is 1. The molecule has 0 bridgehead atoms. The highest BCUT2D eigenvalue weighted by atomic mass is 32.2. The van der Waals surface area contributed by atoms with E-state index in [-0.39, 0.29) is 5.97 Å². The highest BCUT2D eigenvalue weighted by molar-refractivity contribution is 7.99. The van der Waals surface area contributed by atoms with E-state index in [1.165, 1.54) is 12.0 Å². The van der Waals surface area contributed by atoms with Gasteiger partial charge in [-0.2, -0.15) is 0 Å². The van der Waals surface area contributed by atoms with Crippen LogP contribution in [-0.2, 0) is 9.53 Å². The fourth-order valence-corrected chi connectivity index (χ4v) is 2.17. The van der Waals surface area contributed by atoms with Gasteiger partial charge in [-0.05, 0) is 24.3 Å². The van der Waals surface area contributed by atoms with Gasteiger partial charge in [0.25, 0.3) is 0 Å². The van der Waals surface area contributed by atoms with Crippen LogP contribution in [0.5, 0.6) is 0 Å². The molecule has 0 aromatic heterocycles. The second-order valence-corrected chi connectivity index (χ2v) is 5.59. The molecule has 0 saturated heterocycles. The molecule has 3 nitrogen and oxygen atoms in total. The Morgan fingerprint density at radius 3 is 2.53 bits per heavy atom. The van der Waals surface area contributed by atoms with Crippen LogP contribution in [0.25, 0.3) is 0 Å². The molecule has 0 saturated carbocycles. The summed E-state index contributed by atoms with van der Waals surface area (Å²) in [7, 11) is 1.40. The quantitative estimate of drug-likeness (QED) is 0.624. The molecule has 0 fully saturated rings. The maximum atomic E-state index is 10.9. The second-order valence-electron chi connectivity index (χ2n) is 3.94. The van der Waals surface area contributed by atoms with E-state index in [4.69, 9.17) is 0 Å². The molecule has 1 rings (SSSR count). The summed E-state index contributed by atoms with van der Waals surface area (Å²) < 4.78 is 4.57. The molecule has 17 heavy (non-hydrogen) atoms. The van der Waals surface area contributed by atoms with E-state index in [0.29, 0.717) is 18.2 Å². The van der Waals surface area contributed by atoms with E-state index in [1.807, 2.05) is 23.9 Å². The summed E-state index contributed by atoms with van der Waals surface area (Å²) in [6.07, 6.45) is 0.388. The van der Waals surface area contributed by atoms with Crippen LogP contribution < -0.4 is 5.32 Å². The summed E-state index contributed by atoms with van der Waals surface area (Å²) in [5.41, 5.74) is 1.03. The standard InChI is InChI=1S/C13H19NO2S/c1-10(2)17-12-6-4-11(5-7-12)14-9-8-13(15)16-3/h4-7,10,14H,8-9H2,1-3H3. The van der Waals surface area contributed by atoms with E-state index >= 15 is 0 Å². The maximum Gasteiger partial charge on any atom is 0.307 e. The van der Waals surface area contributed by atoms with Crippen LogP contribution in [0.2, 0.25) is 0 Å². The van der Waals surface area contributed by atoms with Crippen molar-refractivity contribution < 1.29 is 9.53 Å². The number of nitrogens with one attached hydrogen (secondary N) is 1. The molecule has 0 aliphatic rings. The van der Waals surface area contributed by atoms with Crippen molar-refractivity contribution in [1.29, 1.82) is 0 Å². The highest BCUT2D eigenvalue weighted by Gasteiger charge is 2.00. The molecule has 0 heterocycles. The van der Waals surface area contributed by atoms with E-state index in [2.05, 4.69) is 36.0 Å². The monoisotopic (exact) mass is 253 g/mol.